The van der Waals surface area contributed by atoms with Crippen LogP contribution in [0, 0.1) is 17.2 Å². The highest BCUT2D eigenvalue weighted by Gasteiger charge is 2.20. The van der Waals surface area contributed by atoms with Crippen molar-refractivity contribution in [1.29, 1.82) is 5.26 Å². The summed E-state index contributed by atoms with van der Waals surface area (Å²) < 4.78 is 5.18. The molecule has 13 heavy (non-hydrogen) atoms. The van der Waals surface area contributed by atoms with Crippen molar-refractivity contribution in [3.05, 3.63) is 0 Å². The third-order valence-electron chi connectivity index (χ3n) is 2.07. The van der Waals surface area contributed by atoms with Gasteiger partial charge in [-0.1, -0.05) is 0 Å². The van der Waals surface area contributed by atoms with Gasteiger partial charge in [0.1, 0.15) is 0 Å². The minimum atomic E-state index is -0.00700. The van der Waals surface area contributed by atoms with Gasteiger partial charge in [0, 0.05) is 13.2 Å². The summed E-state index contributed by atoms with van der Waals surface area (Å²) in [4.78, 5) is 11.4. The van der Waals surface area contributed by atoms with Gasteiger partial charge in [0.25, 0.3) is 0 Å². The fraction of sp³-hybridized carbons (Fsp3) is 0.778. The van der Waals surface area contributed by atoms with Gasteiger partial charge in [-0.2, -0.15) is 5.26 Å². The van der Waals surface area contributed by atoms with Gasteiger partial charge < -0.3 is 10.1 Å². The fourth-order valence-electron chi connectivity index (χ4n) is 1.33. The Hall–Kier alpha value is -1.08. The third-order valence-corrected chi connectivity index (χ3v) is 2.07. The highest BCUT2D eigenvalue weighted by Crippen LogP contribution is 2.12. The van der Waals surface area contributed by atoms with Crippen molar-refractivity contribution in [3.8, 4) is 6.07 Å². The Labute approximate surface area is 77.9 Å². The second-order valence-electron chi connectivity index (χ2n) is 3.11. The first-order chi connectivity index (χ1) is 6.34. The van der Waals surface area contributed by atoms with Crippen molar-refractivity contribution < 1.29 is 9.53 Å². The van der Waals surface area contributed by atoms with Crippen LogP contribution in [-0.4, -0.2) is 25.7 Å². The number of nitrogens with zero attached hydrogens (tertiary/aromatic N) is 1. The maximum atomic E-state index is 11.4. The molecular formula is C9H14N2O2. The van der Waals surface area contributed by atoms with Crippen LogP contribution in [0.15, 0.2) is 0 Å². The molecule has 1 fully saturated rings. The second kappa shape index (κ2) is 5.55. The standard InChI is InChI=1S/C9H14N2O2/c10-4-2-5-11-9(12)8-3-1-6-13-7-8/h8H,1-3,5-7H2,(H,11,12). The number of carbonyl (C=O) groups excluding carboxylic acids is 1. The van der Waals surface area contributed by atoms with Gasteiger partial charge in [-0.3, -0.25) is 4.79 Å². The summed E-state index contributed by atoms with van der Waals surface area (Å²) in [5.74, 6) is 0.0161. The Balaban J connectivity index is 2.18. The van der Waals surface area contributed by atoms with Gasteiger partial charge in [0.2, 0.25) is 5.91 Å². The quantitative estimate of drug-likeness (QED) is 0.644. The van der Waals surface area contributed by atoms with E-state index >= 15 is 0 Å². The van der Waals surface area contributed by atoms with Crippen molar-refractivity contribution in [2.24, 2.45) is 5.92 Å². The first kappa shape index (κ1) is 10.0. The van der Waals surface area contributed by atoms with Crippen LogP contribution < -0.4 is 5.32 Å². The molecule has 0 aromatic heterocycles. The first-order valence-electron chi connectivity index (χ1n) is 4.57. The summed E-state index contributed by atoms with van der Waals surface area (Å²) in [6, 6.07) is 1.98. The van der Waals surface area contributed by atoms with Crippen LogP contribution in [0.25, 0.3) is 0 Å². The van der Waals surface area contributed by atoms with Crippen molar-refractivity contribution in [2.45, 2.75) is 19.3 Å². The molecule has 0 bridgehead atoms. The highest BCUT2D eigenvalue weighted by atomic mass is 16.5. The van der Waals surface area contributed by atoms with E-state index in [1.165, 1.54) is 0 Å². The van der Waals surface area contributed by atoms with E-state index in [1.807, 2.05) is 6.07 Å². The third kappa shape index (κ3) is 3.43. The summed E-state index contributed by atoms with van der Waals surface area (Å²) in [7, 11) is 0. The average Bonchev–Trinajstić information content (AvgIpc) is 2.19. The molecule has 0 radical (unpaired) electrons. The molecule has 1 unspecified atom stereocenters. The molecule has 1 amide bonds. The van der Waals surface area contributed by atoms with E-state index in [4.69, 9.17) is 10.00 Å². The van der Waals surface area contributed by atoms with Crippen LogP contribution in [0.5, 0.6) is 0 Å². The van der Waals surface area contributed by atoms with E-state index in [1.54, 1.807) is 0 Å². The molecular weight excluding hydrogens is 168 g/mol. The Morgan fingerprint density at radius 1 is 1.69 bits per heavy atom. The van der Waals surface area contributed by atoms with Gasteiger partial charge in [-0.05, 0) is 12.8 Å². The molecule has 0 spiro atoms. The van der Waals surface area contributed by atoms with Gasteiger partial charge in [-0.15, -0.1) is 0 Å². The molecule has 1 aliphatic rings. The summed E-state index contributed by atoms with van der Waals surface area (Å²) in [6.07, 6.45) is 2.23. The highest BCUT2D eigenvalue weighted by molar-refractivity contribution is 5.78. The monoisotopic (exact) mass is 182 g/mol. The van der Waals surface area contributed by atoms with E-state index < -0.39 is 0 Å². The Kier molecular flexibility index (Phi) is 4.27. The van der Waals surface area contributed by atoms with Crippen LogP contribution >= 0.6 is 0 Å². The molecule has 1 N–H and O–H groups in total. The van der Waals surface area contributed by atoms with Gasteiger partial charge >= 0.3 is 0 Å². The lowest BCUT2D eigenvalue weighted by Gasteiger charge is -2.20. The molecule has 1 atom stereocenters. The maximum absolute atomic E-state index is 11.4. The number of hydrogen-bond donors (Lipinski definition) is 1. The molecule has 1 aliphatic heterocycles. The zero-order valence-electron chi connectivity index (χ0n) is 7.58. The predicted molar refractivity (Wildman–Crippen MR) is 46.8 cm³/mol. The second-order valence-corrected chi connectivity index (χ2v) is 3.11. The zero-order valence-corrected chi connectivity index (χ0v) is 7.58. The fourth-order valence-corrected chi connectivity index (χ4v) is 1.33. The Morgan fingerprint density at radius 2 is 2.54 bits per heavy atom. The van der Waals surface area contributed by atoms with E-state index in [0.717, 1.165) is 19.4 Å². The van der Waals surface area contributed by atoms with Crippen LogP contribution in [-0.2, 0) is 9.53 Å². The summed E-state index contributed by atoms with van der Waals surface area (Å²) >= 11 is 0. The van der Waals surface area contributed by atoms with Crippen LogP contribution in [0.1, 0.15) is 19.3 Å². The number of hydrogen-bond acceptors (Lipinski definition) is 3. The minimum Gasteiger partial charge on any atom is -0.381 e. The number of nitrogens with one attached hydrogen (secondary N) is 1. The molecule has 0 aromatic carbocycles. The van der Waals surface area contributed by atoms with Crippen LogP contribution in [0.4, 0.5) is 0 Å². The normalized spacial score (nSPS) is 21.9. The lowest BCUT2D eigenvalue weighted by molar-refractivity contribution is -0.128. The molecule has 0 aromatic rings. The Morgan fingerprint density at radius 3 is 3.15 bits per heavy atom. The van der Waals surface area contributed by atoms with Gasteiger partial charge in [0.05, 0.1) is 25.0 Å². The summed E-state index contributed by atoms with van der Waals surface area (Å²) in [6.45, 7) is 1.74. The minimum absolute atomic E-state index is 0.00700. The number of carbonyl (C=O) groups is 1. The first-order valence-corrected chi connectivity index (χ1v) is 4.57. The van der Waals surface area contributed by atoms with Gasteiger partial charge in [0.15, 0.2) is 0 Å². The van der Waals surface area contributed by atoms with E-state index in [9.17, 15) is 4.79 Å². The molecule has 1 rings (SSSR count). The Bertz CT molecular complexity index is 204. The van der Waals surface area contributed by atoms with Crippen molar-refractivity contribution in [1.82, 2.24) is 5.32 Å². The maximum Gasteiger partial charge on any atom is 0.225 e. The van der Waals surface area contributed by atoms with Crippen molar-refractivity contribution in [3.63, 3.8) is 0 Å². The predicted octanol–water partition coefficient (Wildman–Crippen LogP) is 0.443. The number of rotatable bonds is 3. The van der Waals surface area contributed by atoms with E-state index in [2.05, 4.69) is 5.32 Å². The van der Waals surface area contributed by atoms with E-state index in [-0.39, 0.29) is 11.8 Å². The summed E-state index contributed by atoms with van der Waals surface area (Å²) in [5, 5.41) is 11.0. The van der Waals surface area contributed by atoms with Crippen LogP contribution in [0.2, 0.25) is 0 Å². The molecule has 1 heterocycles. The van der Waals surface area contributed by atoms with E-state index in [0.29, 0.717) is 19.6 Å². The lowest BCUT2D eigenvalue weighted by atomic mass is 10.0. The smallest absolute Gasteiger partial charge is 0.225 e. The number of ether oxygens (including phenoxy) is 1. The average molecular weight is 182 g/mol. The molecule has 72 valence electrons. The van der Waals surface area contributed by atoms with Gasteiger partial charge in [-0.25, -0.2) is 0 Å². The SMILES string of the molecule is N#CCCNC(=O)C1CCCOC1. The zero-order chi connectivity index (χ0) is 9.52. The largest absolute Gasteiger partial charge is 0.381 e. The van der Waals surface area contributed by atoms with Crippen molar-refractivity contribution in [2.75, 3.05) is 19.8 Å². The van der Waals surface area contributed by atoms with Crippen LogP contribution in [0.3, 0.4) is 0 Å². The molecule has 4 nitrogen and oxygen atoms in total. The topological polar surface area (TPSA) is 62.1 Å². The molecule has 1 saturated heterocycles. The molecule has 0 aliphatic carbocycles. The summed E-state index contributed by atoms with van der Waals surface area (Å²) in [5.41, 5.74) is 0. The lowest BCUT2D eigenvalue weighted by Crippen LogP contribution is -2.35. The van der Waals surface area contributed by atoms with Crippen molar-refractivity contribution >= 4 is 5.91 Å². The number of nitriles is 1. The molecule has 0 saturated carbocycles. The number of amides is 1. The molecule has 4 heteroatoms.